The maximum Gasteiger partial charge on any atom is 0.163 e. The fourth-order valence-electron chi connectivity index (χ4n) is 3.64. The van der Waals surface area contributed by atoms with Gasteiger partial charge in [0.25, 0.3) is 0 Å². The Bertz CT molecular complexity index is 889. The lowest BCUT2D eigenvalue weighted by atomic mass is 9.92. The molecule has 5 heteroatoms. The van der Waals surface area contributed by atoms with Gasteiger partial charge in [-0.3, -0.25) is 4.79 Å². The molecule has 170 valence electrons. The molecule has 31 heavy (non-hydrogen) atoms. The van der Waals surface area contributed by atoms with E-state index in [2.05, 4.69) is 13.2 Å². The van der Waals surface area contributed by atoms with E-state index in [1.165, 1.54) is 6.92 Å². The molecule has 2 atom stereocenters. The van der Waals surface area contributed by atoms with Crippen molar-refractivity contribution >= 4 is 17.5 Å². The fraction of sp³-hybridized carbons (Fsp3) is 0.423. The molecule has 0 aliphatic heterocycles. The zero-order valence-corrected chi connectivity index (χ0v) is 20.2. The van der Waals surface area contributed by atoms with E-state index in [4.69, 9.17) is 0 Å². The Morgan fingerprint density at radius 2 is 1.65 bits per heavy atom. The van der Waals surface area contributed by atoms with Crippen molar-refractivity contribution in [2.24, 2.45) is 0 Å². The van der Waals surface area contributed by atoms with E-state index in [0.29, 0.717) is 24.2 Å². The van der Waals surface area contributed by atoms with Crippen LogP contribution >= 0.6 is 11.8 Å². The van der Waals surface area contributed by atoms with Gasteiger partial charge in [-0.2, -0.15) is 0 Å². The monoisotopic (exact) mass is 444 g/mol. The summed E-state index contributed by atoms with van der Waals surface area (Å²) in [5, 5.41) is 31.1. The molecule has 0 spiro atoms. The first-order valence-electron chi connectivity index (χ1n) is 10.6. The normalized spacial score (nSPS) is 12.6. The lowest BCUT2D eigenvalue weighted by molar-refractivity contribution is 0.101. The van der Waals surface area contributed by atoms with Crippen LogP contribution in [0.25, 0.3) is 0 Å². The van der Waals surface area contributed by atoms with E-state index in [-0.39, 0.29) is 11.5 Å². The number of rotatable bonds is 9. The minimum Gasteiger partial charge on any atom is -0.507 e. The number of aliphatic hydroxyl groups is 2. The van der Waals surface area contributed by atoms with Crippen LogP contribution in [0.3, 0.4) is 0 Å². The molecule has 2 aromatic rings. The second kappa shape index (κ2) is 12.7. The Morgan fingerprint density at radius 1 is 1.06 bits per heavy atom. The summed E-state index contributed by atoms with van der Waals surface area (Å²) >= 11 is 1.59. The minimum absolute atomic E-state index is 0.0880. The summed E-state index contributed by atoms with van der Waals surface area (Å²) in [6.07, 6.45) is 1.03. The number of phenolic OH excluding ortho intramolecular Hbond substituents is 1. The van der Waals surface area contributed by atoms with Gasteiger partial charge in [-0.25, -0.2) is 0 Å². The molecule has 0 amide bonds. The van der Waals surface area contributed by atoms with Gasteiger partial charge in [0.2, 0.25) is 0 Å². The van der Waals surface area contributed by atoms with Gasteiger partial charge in [0.15, 0.2) is 5.78 Å². The second-order valence-corrected chi connectivity index (χ2v) is 8.70. The van der Waals surface area contributed by atoms with Gasteiger partial charge < -0.3 is 15.3 Å². The summed E-state index contributed by atoms with van der Waals surface area (Å²) in [6.45, 7) is 15.2. The van der Waals surface area contributed by atoms with Crippen molar-refractivity contribution in [3.05, 3.63) is 70.8 Å². The van der Waals surface area contributed by atoms with Gasteiger partial charge in [0.05, 0.1) is 17.8 Å². The average molecular weight is 445 g/mol. The molecule has 0 fully saturated rings. The minimum atomic E-state index is -0.594. The smallest absolute Gasteiger partial charge is 0.163 e. The van der Waals surface area contributed by atoms with Crippen LogP contribution in [0, 0.1) is 13.8 Å². The first kappa shape index (κ1) is 27.0. The number of aliphatic hydroxyl groups excluding tert-OH is 2. The van der Waals surface area contributed by atoms with Crippen molar-refractivity contribution in [1.29, 1.82) is 0 Å². The van der Waals surface area contributed by atoms with E-state index in [9.17, 15) is 20.1 Å². The molecule has 0 saturated carbocycles. The van der Waals surface area contributed by atoms with E-state index in [0.717, 1.165) is 39.1 Å². The SMILES string of the molecule is C=C.CCCc1c(SCCC(O)c2ccc(C(C)O)c(C)c2C)ccc(C(C)=O)c1O. The van der Waals surface area contributed by atoms with Gasteiger partial charge in [-0.15, -0.1) is 24.9 Å². The number of aromatic hydroxyl groups is 1. The number of benzene rings is 2. The Hall–Kier alpha value is -2.08. The maximum absolute atomic E-state index is 11.7. The molecule has 2 unspecified atom stereocenters. The van der Waals surface area contributed by atoms with Crippen molar-refractivity contribution in [2.45, 2.75) is 71.0 Å². The van der Waals surface area contributed by atoms with Crippen LogP contribution in [0.5, 0.6) is 5.75 Å². The van der Waals surface area contributed by atoms with Crippen LogP contribution in [0.15, 0.2) is 42.3 Å². The lowest BCUT2D eigenvalue weighted by Crippen LogP contribution is -2.06. The van der Waals surface area contributed by atoms with Gasteiger partial charge in [0, 0.05) is 16.2 Å². The molecule has 2 aromatic carbocycles. The molecule has 2 rings (SSSR count). The number of ketones is 1. The van der Waals surface area contributed by atoms with Crippen LogP contribution in [0.1, 0.15) is 84.0 Å². The summed E-state index contributed by atoms with van der Waals surface area (Å²) in [5.41, 5.74) is 4.97. The molecule has 0 saturated heterocycles. The highest BCUT2D eigenvalue weighted by Crippen LogP contribution is 2.35. The van der Waals surface area contributed by atoms with Crippen molar-refractivity contribution in [2.75, 3.05) is 5.75 Å². The van der Waals surface area contributed by atoms with Gasteiger partial charge in [0.1, 0.15) is 5.75 Å². The fourth-order valence-corrected chi connectivity index (χ4v) is 4.74. The number of phenols is 1. The van der Waals surface area contributed by atoms with Crippen molar-refractivity contribution in [1.82, 2.24) is 0 Å². The van der Waals surface area contributed by atoms with Gasteiger partial charge in [-0.1, -0.05) is 25.5 Å². The molecule has 0 aliphatic carbocycles. The molecule has 0 heterocycles. The van der Waals surface area contributed by atoms with Crippen LogP contribution in [-0.4, -0.2) is 26.9 Å². The van der Waals surface area contributed by atoms with E-state index in [1.807, 2.05) is 39.0 Å². The van der Waals surface area contributed by atoms with Crippen molar-refractivity contribution in [3.8, 4) is 5.75 Å². The first-order chi connectivity index (χ1) is 14.7. The molecule has 0 radical (unpaired) electrons. The number of Topliss-reactive ketones (excluding diaryl/α,β-unsaturated/α-hetero) is 1. The Balaban J connectivity index is 0.00000233. The number of thioether (sulfide) groups is 1. The average Bonchev–Trinajstić information content (AvgIpc) is 2.73. The van der Waals surface area contributed by atoms with Crippen LogP contribution in [0.4, 0.5) is 0 Å². The molecule has 4 nitrogen and oxygen atoms in total. The third-order valence-corrected chi connectivity index (χ3v) is 6.58. The third kappa shape index (κ3) is 6.70. The highest BCUT2D eigenvalue weighted by molar-refractivity contribution is 7.99. The summed E-state index contributed by atoms with van der Waals surface area (Å²) in [5.74, 6) is 0.635. The van der Waals surface area contributed by atoms with Crippen LogP contribution in [-0.2, 0) is 6.42 Å². The zero-order valence-electron chi connectivity index (χ0n) is 19.4. The number of hydrogen-bond acceptors (Lipinski definition) is 5. The van der Waals surface area contributed by atoms with Crippen molar-refractivity contribution in [3.63, 3.8) is 0 Å². The van der Waals surface area contributed by atoms with E-state index < -0.39 is 12.2 Å². The summed E-state index contributed by atoms with van der Waals surface area (Å²) in [6, 6.07) is 7.36. The Kier molecular flexibility index (Phi) is 11.0. The molecule has 0 aromatic heterocycles. The largest absolute Gasteiger partial charge is 0.507 e. The number of hydrogen-bond donors (Lipinski definition) is 3. The highest BCUT2D eigenvalue weighted by atomic mass is 32.2. The Labute approximate surface area is 191 Å². The molecule has 0 bridgehead atoms. The lowest BCUT2D eigenvalue weighted by Gasteiger charge is -2.19. The summed E-state index contributed by atoms with van der Waals surface area (Å²) < 4.78 is 0. The first-order valence-corrected chi connectivity index (χ1v) is 11.6. The summed E-state index contributed by atoms with van der Waals surface area (Å²) in [7, 11) is 0. The molecular weight excluding hydrogens is 408 g/mol. The standard InChI is InChI=1S/C24H32O4S.C2H4/c1-6-7-21-23(11-10-20(17(5)26)24(21)28)29-13-12-22(27)19-9-8-18(16(4)25)14(2)15(19)3;1-2/h8-11,16,22,25,27-28H,6-7,12-13H2,1-5H3;1-2H2. The molecule has 0 aliphatic rings. The van der Waals surface area contributed by atoms with E-state index >= 15 is 0 Å². The third-order valence-electron chi connectivity index (χ3n) is 5.45. The predicted octanol–water partition coefficient (Wildman–Crippen LogP) is 6.24. The topological polar surface area (TPSA) is 77.8 Å². The van der Waals surface area contributed by atoms with Crippen molar-refractivity contribution < 1.29 is 20.1 Å². The Morgan fingerprint density at radius 3 is 2.19 bits per heavy atom. The zero-order chi connectivity index (χ0) is 23.7. The van der Waals surface area contributed by atoms with Gasteiger partial charge >= 0.3 is 0 Å². The molecule has 3 N–H and O–H groups in total. The van der Waals surface area contributed by atoms with Gasteiger partial charge in [-0.05, 0) is 74.9 Å². The summed E-state index contributed by atoms with van der Waals surface area (Å²) in [4.78, 5) is 12.7. The number of carbonyl (C=O) groups is 1. The quantitative estimate of drug-likeness (QED) is 0.243. The second-order valence-electron chi connectivity index (χ2n) is 7.57. The highest BCUT2D eigenvalue weighted by Gasteiger charge is 2.18. The maximum atomic E-state index is 11.7. The van der Waals surface area contributed by atoms with Crippen LogP contribution < -0.4 is 0 Å². The number of carbonyl (C=O) groups excluding carboxylic acids is 1. The predicted molar refractivity (Wildman–Crippen MR) is 130 cm³/mol. The van der Waals surface area contributed by atoms with Crippen LogP contribution in [0.2, 0.25) is 0 Å². The van der Waals surface area contributed by atoms with E-state index in [1.54, 1.807) is 24.8 Å². The molecular formula is C26H36O4S.